The average Bonchev–Trinajstić information content (AvgIpc) is 3.14. The maximum absolute atomic E-state index is 12.8. The standard InChI is InChI=1S/C30H40N2O4/c1-22(2)29(33)31-27-24-12-6-7-13-25(24)30(28(27)36-21-20-34-3)15-18-32(19-16-30)17-9-11-23-10-5-8-14-26(23)35-4/h5-14,22,27-28H,15-21H2,1-4H3,(H,31,33)/b11-9+/t27-,28+/m1/s1. The predicted octanol–water partition coefficient (Wildman–Crippen LogP) is 4.60. The molecule has 1 amide bonds. The van der Waals surface area contributed by atoms with Gasteiger partial charge in [0.25, 0.3) is 0 Å². The van der Waals surface area contributed by atoms with Crippen molar-refractivity contribution >= 4 is 12.0 Å². The second-order valence-corrected chi connectivity index (χ2v) is 10.1. The molecular weight excluding hydrogens is 452 g/mol. The Morgan fingerprint density at radius 1 is 1.08 bits per heavy atom. The van der Waals surface area contributed by atoms with Gasteiger partial charge in [0, 0.05) is 30.6 Å². The Balaban J connectivity index is 1.51. The van der Waals surface area contributed by atoms with Gasteiger partial charge in [0.2, 0.25) is 5.91 Å². The van der Waals surface area contributed by atoms with E-state index in [0.717, 1.165) is 43.8 Å². The summed E-state index contributed by atoms with van der Waals surface area (Å²) in [6.07, 6.45) is 6.22. The van der Waals surface area contributed by atoms with Crippen molar-refractivity contribution in [2.24, 2.45) is 5.92 Å². The van der Waals surface area contributed by atoms with Gasteiger partial charge >= 0.3 is 0 Å². The zero-order valence-corrected chi connectivity index (χ0v) is 22.0. The van der Waals surface area contributed by atoms with Crippen LogP contribution in [0, 0.1) is 5.92 Å². The number of ether oxygens (including phenoxy) is 3. The van der Waals surface area contributed by atoms with Crippen LogP contribution in [0.3, 0.4) is 0 Å². The lowest BCUT2D eigenvalue weighted by Crippen LogP contribution is -2.51. The number of amides is 1. The molecule has 1 fully saturated rings. The molecule has 0 radical (unpaired) electrons. The normalized spacial score (nSPS) is 21.2. The average molecular weight is 493 g/mol. The van der Waals surface area contributed by atoms with Crippen LogP contribution in [0.15, 0.2) is 54.6 Å². The van der Waals surface area contributed by atoms with Gasteiger partial charge in [-0.1, -0.05) is 68.5 Å². The van der Waals surface area contributed by atoms with E-state index >= 15 is 0 Å². The molecule has 1 aliphatic carbocycles. The Morgan fingerprint density at radius 2 is 1.81 bits per heavy atom. The summed E-state index contributed by atoms with van der Waals surface area (Å²) in [6.45, 7) is 7.75. The Morgan fingerprint density at radius 3 is 2.53 bits per heavy atom. The maximum Gasteiger partial charge on any atom is 0.223 e. The number of nitrogens with one attached hydrogen (secondary N) is 1. The van der Waals surface area contributed by atoms with Crippen LogP contribution in [0.25, 0.3) is 6.08 Å². The van der Waals surface area contributed by atoms with Crippen LogP contribution in [-0.4, -0.2) is 64.0 Å². The van der Waals surface area contributed by atoms with Crippen LogP contribution in [0.2, 0.25) is 0 Å². The molecule has 1 saturated heterocycles. The molecule has 0 aromatic heterocycles. The quantitative estimate of drug-likeness (QED) is 0.491. The first-order valence-electron chi connectivity index (χ1n) is 13.0. The molecule has 2 atom stereocenters. The minimum absolute atomic E-state index is 0.0612. The second-order valence-electron chi connectivity index (χ2n) is 10.1. The van der Waals surface area contributed by atoms with Crippen LogP contribution in [0.4, 0.5) is 0 Å². The third kappa shape index (κ3) is 5.51. The zero-order valence-electron chi connectivity index (χ0n) is 22.0. The molecular formula is C30H40N2O4. The third-order valence-corrected chi connectivity index (χ3v) is 7.63. The molecule has 4 rings (SSSR count). The SMILES string of the molecule is COCCO[C@H]1[C@H](NC(=O)C(C)C)c2ccccc2C12CCN(C/C=C/c1ccccc1OC)CC2. The number of methoxy groups -OCH3 is 2. The van der Waals surface area contributed by atoms with E-state index in [1.807, 2.05) is 32.0 Å². The van der Waals surface area contributed by atoms with E-state index in [9.17, 15) is 4.79 Å². The van der Waals surface area contributed by atoms with Crippen molar-refractivity contribution in [3.8, 4) is 5.75 Å². The van der Waals surface area contributed by atoms with E-state index in [1.165, 1.54) is 11.1 Å². The number of fused-ring (bicyclic) bond motifs is 2. The van der Waals surface area contributed by atoms with E-state index in [0.29, 0.717) is 13.2 Å². The number of hydrogen-bond acceptors (Lipinski definition) is 5. The minimum Gasteiger partial charge on any atom is -0.496 e. The van der Waals surface area contributed by atoms with Crippen molar-refractivity contribution in [2.45, 2.75) is 44.2 Å². The van der Waals surface area contributed by atoms with Gasteiger partial charge in [-0.2, -0.15) is 0 Å². The van der Waals surface area contributed by atoms with E-state index < -0.39 is 0 Å². The first kappa shape index (κ1) is 26.4. The fourth-order valence-electron chi connectivity index (χ4n) is 5.67. The lowest BCUT2D eigenvalue weighted by Gasteiger charge is -2.44. The molecule has 0 saturated carbocycles. The zero-order chi connectivity index (χ0) is 25.5. The minimum atomic E-state index is -0.148. The Labute approximate surface area is 215 Å². The van der Waals surface area contributed by atoms with Crippen LogP contribution in [-0.2, 0) is 19.7 Å². The summed E-state index contributed by atoms with van der Waals surface area (Å²) in [6, 6.07) is 16.5. The van der Waals surface area contributed by atoms with Gasteiger partial charge in [-0.05, 0) is 43.1 Å². The molecule has 1 heterocycles. The smallest absolute Gasteiger partial charge is 0.223 e. The molecule has 2 aromatic rings. The van der Waals surface area contributed by atoms with Gasteiger partial charge in [0.05, 0.1) is 32.5 Å². The number of likely N-dealkylation sites (tertiary alicyclic amines) is 1. The van der Waals surface area contributed by atoms with Gasteiger partial charge in [0.15, 0.2) is 0 Å². The number of para-hydroxylation sites is 1. The number of carbonyl (C=O) groups is 1. The van der Waals surface area contributed by atoms with Crippen molar-refractivity contribution in [2.75, 3.05) is 47.1 Å². The predicted molar refractivity (Wildman–Crippen MR) is 143 cm³/mol. The Kier molecular flexibility index (Phi) is 8.83. The van der Waals surface area contributed by atoms with Crippen molar-refractivity contribution < 1.29 is 19.0 Å². The van der Waals surface area contributed by atoms with E-state index in [4.69, 9.17) is 14.2 Å². The van der Waals surface area contributed by atoms with E-state index in [1.54, 1.807) is 14.2 Å². The highest BCUT2D eigenvalue weighted by Gasteiger charge is 2.54. The van der Waals surface area contributed by atoms with Crippen molar-refractivity contribution in [1.82, 2.24) is 10.2 Å². The lowest BCUT2D eigenvalue weighted by molar-refractivity contribution is -0.127. The number of piperidine rings is 1. The van der Waals surface area contributed by atoms with Crippen molar-refractivity contribution in [3.63, 3.8) is 0 Å². The number of carbonyl (C=O) groups excluding carboxylic acids is 1. The molecule has 6 nitrogen and oxygen atoms in total. The van der Waals surface area contributed by atoms with E-state index in [2.05, 4.69) is 52.7 Å². The summed E-state index contributed by atoms with van der Waals surface area (Å²) >= 11 is 0. The number of rotatable bonds is 10. The summed E-state index contributed by atoms with van der Waals surface area (Å²) in [5, 5.41) is 3.32. The summed E-state index contributed by atoms with van der Waals surface area (Å²) < 4.78 is 17.3. The van der Waals surface area contributed by atoms with Crippen LogP contribution < -0.4 is 10.1 Å². The summed E-state index contributed by atoms with van der Waals surface area (Å²) in [7, 11) is 3.40. The van der Waals surface area contributed by atoms with Crippen LogP contribution in [0.5, 0.6) is 5.75 Å². The van der Waals surface area contributed by atoms with Crippen LogP contribution >= 0.6 is 0 Å². The van der Waals surface area contributed by atoms with Crippen molar-refractivity contribution in [3.05, 3.63) is 71.3 Å². The summed E-state index contributed by atoms with van der Waals surface area (Å²) in [4.78, 5) is 15.3. The first-order chi connectivity index (χ1) is 17.5. The fraction of sp³-hybridized carbons (Fsp3) is 0.500. The largest absolute Gasteiger partial charge is 0.496 e. The number of hydrogen-bond donors (Lipinski definition) is 1. The molecule has 36 heavy (non-hydrogen) atoms. The lowest BCUT2D eigenvalue weighted by atomic mass is 9.72. The second kappa shape index (κ2) is 12.0. The third-order valence-electron chi connectivity index (χ3n) is 7.63. The number of nitrogens with zero attached hydrogens (tertiary/aromatic N) is 1. The highest BCUT2D eigenvalue weighted by atomic mass is 16.5. The maximum atomic E-state index is 12.8. The molecule has 194 valence electrons. The first-order valence-corrected chi connectivity index (χ1v) is 13.0. The van der Waals surface area contributed by atoms with Crippen molar-refractivity contribution in [1.29, 1.82) is 0 Å². The Hall–Kier alpha value is -2.67. The van der Waals surface area contributed by atoms with Crippen LogP contribution in [0.1, 0.15) is 49.4 Å². The van der Waals surface area contributed by atoms with Gasteiger partial charge in [0.1, 0.15) is 5.75 Å². The molecule has 2 aromatic carbocycles. The Bertz CT molecular complexity index is 1040. The molecule has 6 heteroatoms. The summed E-state index contributed by atoms with van der Waals surface area (Å²) in [5.41, 5.74) is 3.49. The fourth-order valence-corrected chi connectivity index (χ4v) is 5.67. The van der Waals surface area contributed by atoms with E-state index in [-0.39, 0.29) is 29.4 Å². The van der Waals surface area contributed by atoms with Gasteiger partial charge in [-0.25, -0.2) is 0 Å². The molecule has 1 N–H and O–H groups in total. The highest BCUT2D eigenvalue weighted by molar-refractivity contribution is 5.78. The molecule has 1 aliphatic heterocycles. The highest BCUT2D eigenvalue weighted by Crippen LogP contribution is 2.52. The van der Waals surface area contributed by atoms with Gasteiger partial charge in [-0.3, -0.25) is 9.69 Å². The molecule has 1 spiro atoms. The monoisotopic (exact) mass is 492 g/mol. The summed E-state index contributed by atoms with van der Waals surface area (Å²) in [5.74, 6) is 0.871. The molecule has 0 bridgehead atoms. The molecule has 2 aliphatic rings. The van der Waals surface area contributed by atoms with Gasteiger partial charge < -0.3 is 19.5 Å². The number of benzene rings is 2. The topological polar surface area (TPSA) is 60.0 Å². The molecule has 0 unspecified atom stereocenters. The van der Waals surface area contributed by atoms with Gasteiger partial charge in [-0.15, -0.1) is 0 Å².